The molecule has 6 heteroatoms. The summed E-state index contributed by atoms with van der Waals surface area (Å²) >= 11 is 0. The van der Waals surface area contributed by atoms with Gasteiger partial charge in [0.25, 0.3) is 0 Å². The molecule has 2 aliphatic heterocycles. The molecule has 0 unspecified atom stereocenters. The van der Waals surface area contributed by atoms with Gasteiger partial charge in [-0.25, -0.2) is 4.39 Å². The van der Waals surface area contributed by atoms with Crippen LogP contribution < -0.4 is 14.8 Å². The second kappa shape index (κ2) is 10.5. The van der Waals surface area contributed by atoms with Gasteiger partial charge in [0.1, 0.15) is 23.4 Å². The molecule has 39 heavy (non-hydrogen) atoms. The van der Waals surface area contributed by atoms with Crippen LogP contribution in [0.15, 0.2) is 48.5 Å². The largest absolute Gasteiger partial charge is 0.492 e. The van der Waals surface area contributed by atoms with E-state index in [-0.39, 0.29) is 30.2 Å². The SMILES string of the molecule is COC(=O)C[C@@H]1COc2cc(O[C@@H]3CCc4c(-c5c(C)cc(C6=CCNCC6)cc5C)ccc(F)c43)ccc21. The zero-order valence-corrected chi connectivity index (χ0v) is 22.7. The van der Waals surface area contributed by atoms with Gasteiger partial charge >= 0.3 is 5.97 Å². The van der Waals surface area contributed by atoms with E-state index in [1.54, 1.807) is 6.07 Å². The minimum atomic E-state index is -0.370. The van der Waals surface area contributed by atoms with Crippen LogP contribution >= 0.6 is 0 Å². The highest BCUT2D eigenvalue weighted by Gasteiger charge is 2.32. The maximum Gasteiger partial charge on any atom is 0.306 e. The summed E-state index contributed by atoms with van der Waals surface area (Å²) in [7, 11) is 1.39. The Morgan fingerprint density at radius 3 is 2.67 bits per heavy atom. The maximum atomic E-state index is 15.3. The number of nitrogens with one attached hydrogen (secondary N) is 1. The van der Waals surface area contributed by atoms with Gasteiger partial charge in [-0.05, 0) is 90.7 Å². The lowest BCUT2D eigenvalue weighted by atomic mass is 9.87. The number of methoxy groups -OCH3 is 1. The van der Waals surface area contributed by atoms with E-state index in [0.717, 1.165) is 42.6 Å². The molecule has 1 N–H and O–H groups in total. The predicted molar refractivity (Wildman–Crippen MR) is 150 cm³/mol. The molecule has 2 atom stereocenters. The fourth-order valence-electron chi connectivity index (χ4n) is 6.43. The molecule has 1 aliphatic carbocycles. The molecule has 3 aromatic carbocycles. The molecule has 6 rings (SSSR count). The summed E-state index contributed by atoms with van der Waals surface area (Å²) in [6, 6.07) is 13.8. The molecule has 0 aromatic heterocycles. The Morgan fingerprint density at radius 1 is 1.10 bits per heavy atom. The van der Waals surface area contributed by atoms with E-state index in [1.807, 2.05) is 24.3 Å². The average molecular weight is 528 g/mol. The molecule has 202 valence electrons. The van der Waals surface area contributed by atoms with Gasteiger partial charge in [-0.2, -0.15) is 0 Å². The summed E-state index contributed by atoms with van der Waals surface area (Å²) < 4.78 is 32.3. The van der Waals surface area contributed by atoms with Gasteiger partial charge in [-0.1, -0.05) is 30.3 Å². The van der Waals surface area contributed by atoms with Crippen molar-refractivity contribution in [2.75, 3.05) is 26.8 Å². The van der Waals surface area contributed by atoms with E-state index in [2.05, 4.69) is 37.4 Å². The number of ether oxygens (including phenoxy) is 3. The molecule has 0 radical (unpaired) electrons. The van der Waals surface area contributed by atoms with Gasteiger partial charge in [0.15, 0.2) is 0 Å². The Bertz CT molecular complexity index is 1450. The number of carbonyl (C=O) groups is 1. The lowest BCUT2D eigenvalue weighted by Crippen LogP contribution is -2.20. The van der Waals surface area contributed by atoms with Crippen LogP contribution in [0.1, 0.15) is 64.7 Å². The number of fused-ring (bicyclic) bond motifs is 2. The number of carbonyl (C=O) groups excluding carboxylic acids is 1. The van der Waals surface area contributed by atoms with Crippen molar-refractivity contribution in [3.05, 3.63) is 87.7 Å². The normalized spacial score (nSPS) is 19.6. The molecule has 0 bridgehead atoms. The van der Waals surface area contributed by atoms with E-state index < -0.39 is 0 Å². The highest BCUT2D eigenvalue weighted by Crippen LogP contribution is 2.45. The molecule has 0 amide bonds. The summed E-state index contributed by atoms with van der Waals surface area (Å²) in [4.78, 5) is 11.7. The van der Waals surface area contributed by atoms with Crippen LogP contribution in [0.25, 0.3) is 16.7 Å². The number of hydrogen-bond donors (Lipinski definition) is 1. The fraction of sp³-hybridized carbons (Fsp3) is 0.364. The number of rotatable bonds is 6. The standard InChI is InChI=1S/C33H34FNO4/c1-19-14-22(21-10-12-35-13-11-21)15-20(2)32(19)26-6-8-28(34)33-27(26)7-9-29(33)39-24-4-5-25-23(16-31(36)37-3)18-38-30(25)17-24/h4-6,8,10,14-15,17,23,29,35H,7,9,11-13,16,18H2,1-3H3/t23-,29-/m1/s1. The van der Waals surface area contributed by atoms with Crippen LogP contribution in [0.3, 0.4) is 0 Å². The Hall–Kier alpha value is -3.64. The van der Waals surface area contributed by atoms with Gasteiger partial charge in [0, 0.05) is 29.7 Å². The Morgan fingerprint density at radius 2 is 1.92 bits per heavy atom. The Labute approximate surface area is 229 Å². The second-order valence-electron chi connectivity index (χ2n) is 10.8. The van der Waals surface area contributed by atoms with Crippen LogP contribution in [0.2, 0.25) is 0 Å². The van der Waals surface area contributed by atoms with Crippen molar-refractivity contribution in [3.63, 3.8) is 0 Å². The van der Waals surface area contributed by atoms with E-state index in [0.29, 0.717) is 30.1 Å². The molecule has 0 saturated heterocycles. The van der Waals surface area contributed by atoms with Gasteiger partial charge in [0.2, 0.25) is 0 Å². The van der Waals surface area contributed by atoms with Gasteiger partial charge in [-0.15, -0.1) is 0 Å². The minimum absolute atomic E-state index is 0.0300. The summed E-state index contributed by atoms with van der Waals surface area (Å²) in [6.45, 7) is 6.66. The summed E-state index contributed by atoms with van der Waals surface area (Å²) in [5.74, 6) is 0.844. The minimum Gasteiger partial charge on any atom is -0.492 e. The van der Waals surface area contributed by atoms with Gasteiger partial charge < -0.3 is 19.5 Å². The molecule has 5 nitrogen and oxygen atoms in total. The van der Waals surface area contributed by atoms with Crippen molar-refractivity contribution < 1.29 is 23.4 Å². The molecular weight excluding hydrogens is 493 g/mol. The molecule has 3 aromatic rings. The zero-order valence-electron chi connectivity index (χ0n) is 22.7. The predicted octanol–water partition coefficient (Wildman–Crippen LogP) is 6.59. The molecule has 2 heterocycles. The first-order valence-electron chi connectivity index (χ1n) is 13.8. The molecule has 0 fully saturated rings. The average Bonchev–Trinajstić information content (AvgIpc) is 3.54. The van der Waals surface area contributed by atoms with E-state index in [1.165, 1.54) is 34.9 Å². The lowest BCUT2D eigenvalue weighted by Gasteiger charge is -2.20. The topological polar surface area (TPSA) is 56.8 Å². The summed E-state index contributed by atoms with van der Waals surface area (Å²) in [6.07, 6.45) is 4.68. The first kappa shape index (κ1) is 25.6. The smallest absolute Gasteiger partial charge is 0.306 e. The quantitative estimate of drug-likeness (QED) is 0.367. The third-order valence-electron chi connectivity index (χ3n) is 8.30. The molecule has 3 aliphatic rings. The molecule has 0 saturated carbocycles. The highest BCUT2D eigenvalue weighted by molar-refractivity contribution is 5.79. The molecular formula is C33H34FNO4. The van der Waals surface area contributed by atoms with Crippen molar-refractivity contribution in [2.45, 2.75) is 51.6 Å². The number of halogens is 1. The highest BCUT2D eigenvalue weighted by atomic mass is 19.1. The third kappa shape index (κ3) is 4.82. The van der Waals surface area contributed by atoms with Crippen molar-refractivity contribution in [1.82, 2.24) is 5.32 Å². The van der Waals surface area contributed by atoms with Crippen LogP contribution in [-0.4, -0.2) is 32.8 Å². The van der Waals surface area contributed by atoms with E-state index in [4.69, 9.17) is 14.2 Å². The number of benzene rings is 3. The zero-order chi connectivity index (χ0) is 27.1. The van der Waals surface area contributed by atoms with Crippen LogP contribution in [0, 0.1) is 19.7 Å². The Balaban J connectivity index is 1.28. The number of aryl methyl sites for hydroxylation is 2. The Kier molecular flexibility index (Phi) is 6.90. The van der Waals surface area contributed by atoms with Crippen molar-refractivity contribution >= 4 is 11.5 Å². The summed E-state index contributed by atoms with van der Waals surface area (Å²) in [5.41, 5.74) is 10.0. The molecule has 0 spiro atoms. The van der Waals surface area contributed by atoms with Crippen molar-refractivity contribution in [1.29, 1.82) is 0 Å². The maximum absolute atomic E-state index is 15.3. The summed E-state index contributed by atoms with van der Waals surface area (Å²) in [5, 5.41) is 3.38. The third-order valence-corrected chi connectivity index (χ3v) is 8.30. The first-order chi connectivity index (χ1) is 18.9. The van der Waals surface area contributed by atoms with Crippen molar-refractivity contribution in [3.8, 4) is 22.6 Å². The monoisotopic (exact) mass is 527 g/mol. The number of esters is 1. The fourth-order valence-corrected chi connectivity index (χ4v) is 6.43. The second-order valence-corrected chi connectivity index (χ2v) is 10.8. The van der Waals surface area contributed by atoms with E-state index >= 15 is 4.39 Å². The first-order valence-corrected chi connectivity index (χ1v) is 13.8. The van der Waals surface area contributed by atoms with Crippen LogP contribution in [0.4, 0.5) is 4.39 Å². The van der Waals surface area contributed by atoms with E-state index in [9.17, 15) is 4.79 Å². The van der Waals surface area contributed by atoms with Crippen LogP contribution in [0.5, 0.6) is 11.5 Å². The van der Waals surface area contributed by atoms with Crippen LogP contribution in [-0.2, 0) is 16.0 Å². The van der Waals surface area contributed by atoms with Crippen molar-refractivity contribution in [2.24, 2.45) is 0 Å². The number of hydrogen-bond acceptors (Lipinski definition) is 5. The lowest BCUT2D eigenvalue weighted by molar-refractivity contribution is -0.141. The van der Waals surface area contributed by atoms with Gasteiger partial charge in [0.05, 0.1) is 20.1 Å². The van der Waals surface area contributed by atoms with Gasteiger partial charge in [-0.3, -0.25) is 4.79 Å².